The molecule has 1 aliphatic rings. The predicted octanol–water partition coefficient (Wildman–Crippen LogP) is 2.63. The van der Waals surface area contributed by atoms with E-state index in [9.17, 15) is 9.59 Å². The summed E-state index contributed by atoms with van der Waals surface area (Å²) in [5, 5.41) is 3.15. The molecule has 1 rings (SSSR count). The van der Waals surface area contributed by atoms with Crippen molar-refractivity contribution in [2.75, 3.05) is 39.3 Å². The van der Waals surface area contributed by atoms with Crippen LogP contribution in [0.4, 0.5) is 4.79 Å². The molecule has 0 heterocycles. The van der Waals surface area contributed by atoms with Gasteiger partial charge in [0.2, 0.25) is 0 Å². The van der Waals surface area contributed by atoms with Gasteiger partial charge in [-0.05, 0) is 32.9 Å². The van der Waals surface area contributed by atoms with Crippen LogP contribution in [0, 0.1) is 0 Å². The maximum Gasteiger partial charge on any atom is 0.317 e. The average Bonchev–Trinajstić information content (AvgIpc) is 2.59. The van der Waals surface area contributed by atoms with Crippen LogP contribution in [0.3, 0.4) is 0 Å². The highest BCUT2D eigenvalue weighted by atomic mass is 16.5. The molecule has 0 atom stereocenters. The Morgan fingerprint density at radius 2 is 1.67 bits per heavy atom. The van der Waals surface area contributed by atoms with Gasteiger partial charge in [-0.3, -0.25) is 4.79 Å². The van der Waals surface area contributed by atoms with Gasteiger partial charge in [-0.2, -0.15) is 0 Å². The van der Waals surface area contributed by atoms with Gasteiger partial charge in [0.15, 0.2) is 0 Å². The molecule has 140 valence electrons. The van der Waals surface area contributed by atoms with Crippen LogP contribution >= 0.6 is 0 Å². The number of nitrogens with one attached hydrogen (secondary N) is 1. The monoisotopic (exact) mass is 341 g/mol. The molecule has 6 heteroatoms. The lowest BCUT2D eigenvalue weighted by molar-refractivity contribution is -0.143. The summed E-state index contributed by atoms with van der Waals surface area (Å²) in [5.41, 5.74) is 0. The Bertz CT molecular complexity index is 367. The van der Waals surface area contributed by atoms with E-state index >= 15 is 0 Å². The highest BCUT2D eigenvalue weighted by Gasteiger charge is 2.21. The van der Waals surface area contributed by atoms with Crippen LogP contribution < -0.4 is 5.32 Å². The fourth-order valence-corrected chi connectivity index (χ4v) is 3.09. The number of amides is 2. The van der Waals surface area contributed by atoms with Crippen LogP contribution in [0.25, 0.3) is 0 Å². The van der Waals surface area contributed by atoms with E-state index in [0.29, 0.717) is 19.7 Å². The lowest BCUT2D eigenvalue weighted by Crippen LogP contribution is -2.48. The number of carbonyl (C=O) groups excluding carboxylic acids is 2. The fraction of sp³-hybridized carbons (Fsp3) is 0.889. The second-order valence-electron chi connectivity index (χ2n) is 6.35. The number of urea groups is 1. The minimum atomic E-state index is -0.240. The van der Waals surface area contributed by atoms with E-state index in [4.69, 9.17) is 4.74 Å². The molecule has 1 aliphatic carbocycles. The van der Waals surface area contributed by atoms with E-state index in [1.54, 1.807) is 11.8 Å². The van der Waals surface area contributed by atoms with E-state index in [1.807, 2.05) is 0 Å². The van der Waals surface area contributed by atoms with E-state index in [0.717, 1.165) is 32.5 Å². The third-order valence-electron chi connectivity index (χ3n) is 4.69. The van der Waals surface area contributed by atoms with Crippen molar-refractivity contribution in [2.24, 2.45) is 0 Å². The van der Waals surface area contributed by atoms with Crippen molar-refractivity contribution in [3.8, 4) is 0 Å². The molecule has 2 amide bonds. The van der Waals surface area contributed by atoms with Crippen molar-refractivity contribution in [3.05, 3.63) is 0 Å². The number of esters is 1. The number of ether oxygens (including phenoxy) is 1. The summed E-state index contributed by atoms with van der Waals surface area (Å²) in [7, 11) is 0. The summed E-state index contributed by atoms with van der Waals surface area (Å²) in [6, 6.07) is 0.239. The second kappa shape index (κ2) is 12.1. The molecular formula is C18H35N3O3. The first-order valence-corrected chi connectivity index (χ1v) is 9.54. The van der Waals surface area contributed by atoms with E-state index < -0.39 is 0 Å². The molecule has 1 N–H and O–H groups in total. The Kier molecular flexibility index (Phi) is 10.5. The van der Waals surface area contributed by atoms with Gasteiger partial charge in [0.1, 0.15) is 0 Å². The topological polar surface area (TPSA) is 61.9 Å². The van der Waals surface area contributed by atoms with Crippen LogP contribution in [0.1, 0.15) is 59.3 Å². The summed E-state index contributed by atoms with van der Waals surface area (Å²) < 4.78 is 4.98. The van der Waals surface area contributed by atoms with Gasteiger partial charge in [-0.15, -0.1) is 0 Å². The molecule has 0 unspecified atom stereocenters. The molecule has 6 nitrogen and oxygen atoms in total. The van der Waals surface area contributed by atoms with Crippen molar-refractivity contribution < 1.29 is 14.3 Å². The van der Waals surface area contributed by atoms with Gasteiger partial charge in [-0.1, -0.05) is 33.1 Å². The maximum atomic E-state index is 12.6. The van der Waals surface area contributed by atoms with E-state index in [2.05, 4.69) is 24.1 Å². The predicted molar refractivity (Wildman–Crippen MR) is 96.0 cm³/mol. The Labute approximate surface area is 146 Å². The number of hydrogen-bond acceptors (Lipinski definition) is 4. The van der Waals surface area contributed by atoms with E-state index in [1.165, 1.54) is 19.3 Å². The fourth-order valence-electron chi connectivity index (χ4n) is 3.09. The molecule has 0 saturated heterocycles. The molecule has 0 aliphatic heterocycles. The molecular weight excluding hydrogens is 306 g/mol. The average molecular weight is 341 g/mol. The minimum Gasteiger partial charge on any atom is -0.466 e. The lowest BCUT2D eigenvalue weighted by Gasteiger charge is -2.30. The summed E-state index contributed by atoms with van der Waals surface area (Å²) in [4.78, 5) is 28.3. The SMILES string of the molecule is CCOC(=O)CCN(CCN(CC)CC)C(=O)NC1CCCCC1. The van der Waals surface area contributed by atoms with Crippen LogP contribution in [-0.2, 0) is 9.53 Å². The molecule has 0 radical (unpaired) electrons. The Hall–Kier alpha value is -1.30. The van der Waals surface area contributed by atoms with Gasteiger partial charge in [0, 0.05) is 25.7 Å². The Morgan fingerprint density at radius 3 is 2.25 bits per heavy atom. The number of nitrogens with zero attached hydrogens (tertiary/aromatic N) is 2. The normalized spacial score (nSPS) is 15.3. The van der Waals surface area contributed by atoms with Gasteiger partial charge >= 0.3 is 12.0 Å². The molecule has 0 aromatic carbocycles. The number of carbonyl (C=O) groups is 2. The number of rotatable bonds is 10. The van der Waals surface area contributed by atoms with Crippen molar-refractivity contribution in [1.82, 2.24) is 15.1 Å². The van der Waals surface area contributed by atoms with Gasteiger partial charge in [0.25, 0.3) is 0 Å². The third-order valence-corrected chi connectivity index (χ3v) is 4.69. The Morgan fingerprint density at radius 1 is 1.00 bits per heavy atom. The summed E-state index contributed by atoms with van der Waals surface area (Å²) >= 11 is 0. The van der Waals surface area contributed by atoms with Crippen LogP contribution in [0.2, 0.25) is 0 Å². The van der Waals surface area contributed by atoms with E-state index in [-0.39, 0.29) is 24.5 Å². The summed E-state index contributed by atoms with van der Waals surface area (Å²) in [5.74, 6) is -0.240. The minimum absolute atomic E-state index is 0.0432. The third kappa shape index (κ3) is 7.99. The largest absolute Gasteiger partial charge is 0.466 e. The van der Waals surface area contributed by atoms with Crippen LogP contribution in [-0.4, -0.2) is 67.2 Å². The van der Waals surface area contributed by atoms with Crippen molar-refractivity contribution in [1.29, 1.82) is 0 Å². The first kappa shape index (κ1) is 20.7. The number of hydrogen-bond donors (Lipinski definition) is 1. The number of likely N-dealkylation sites (N-methyl/N-ethyl adjacent to an activating group) is 1. The first-order chi connectivity index (χ1) is 11.6. The molecule has 0 aromatic rings. The first-order valence-electron chi connectivity index (χ1n) is 9.54. The highest BCUT2D eigenvalue weighted by Crippen LogP contribution is 2.17. The van der Waals surface area contributed by atoms with Crippen LogP contribution in [0.15, 0.2) is 0 Å². The Balaban J connectivity index is 2.53. The lowest BCUT2D eigenvalue weighted by atomic mass is 9.96. The second-order valence-corrected chi connectivity index (χ2v) is 6.35. The van der Waals surface area contributed by atoms with Gasteiger partial charge in [0.05, 0.1) is 13.0 Å². The quantitative estimate of drug-likeness (QED) is 0.621. The molecule has 0 spiro atoms. The molecule has 1 saturated carbocycles. The van der Waals surface area contributed by atoms with Gasteiger partial charge < -0.3 is 19.9 Å². The highest BCUT2D eigenvalue weighted by molar-refractivity contribution is 5.76. The van der Waals surface area contributed by atoms with Crippen molar-refractivity contribution >= 4 is 12.0 Å². The van der Waals surface area contributed by atoms with Crippen molar-refractivity contribution in [2.45, 2.75) is 65.3 Å². The summed E-state index contributed by atoms with van der Waals surface area (Å²) in [6.07, 6.45) is 6.02. The standard InChI is InChI=1S/C18H35N3O3/c1-4-20(5-2)14-15-21(13-12-17(22)24-6-3)18(23)19-16-10-8-7-9-11-16/h16H,4-15H2,1-3H3,(H,19,23). The molecule has 1 fully saturated rings. The zero-order valence-electron chi connectivity index (χ0n) is 15.7. The summed E-state index contributed by atoms with van der Waals surface area (Å²) in [6.45, 7) is 10.2. The smallest absolute Gasteiger partial charge is 0.317 e. The van der Waals surface area contributed by atoms with Gasteiger partial charge in [-0.25, -0.2) is 4.79 Å². The zero-order valence-corrected chi connectivity index (χ0v) is 15.7. The molecule has 0 bridgehead atoms. The van der Waals surface area contributed by atoms with Crippen LogP contribution in [0.5, 0.6) is 0 Å². The van der Waals surface area contributed by atoms with Crippen molar-refractivity contribution in [3.63, 3.8) is 0 Å². The molecule has 24 heavy (non-hydrogen) atoms. The zero-order chi connectivity index (χ0) is 17.8. The molecule has 0 aromatic heterocycles. The maximum absolute atomic E-state index is 12.6.